The molecule has 1 atom stereocenters. The summed E-state index contributed by atoms with van der Waals surface area (Å²) >= 11 is 0. The predicted molar refractivity (Wildman–Crippen MR) is 113 cm³/mol. The quantitative estimate of drug-likeness (QED) is 0.764. The zero-order valence-electron chi connectivity index (χ0n) is 17.5. The molecule has 0 saturated carbocycles. The van der Waals surface area contributed by atoms with Gasteiger partial charge in [-0.15, -0.1) is 0 Å². The zero-order chi connectivity index (χ0) is 20.8. The maximum absolute atomic E-state index is 12.9. The molecule has 7 heteroatoms. The van der Waals surface area contributed by atoms with Crippen LogP contribution >= 0.6 is 0 Å². The smallest absolute Gasteiger partial charge is 0.328 e. The third-order valence-corrected chi connectivity index (χ3v) is 5.93. The second kappa shape index (κ2) is 9.87. The molecular formula is C22H32N4O3. The van der Waals surface area contributed by atoms with E-state index in [9.17, 15) is 14.4 Å². The molecule has 2 saturated heterocycles. The van der Waals surface area contributed by atoms with Gasteiger partial charge in [-0.2, -0.15) is 0 Å². The van der Waals surface area contributed by atoms with Crippen LogP contribution in [0.15, 0.2) is 24.3 Å². The van der Waals surface area contributed by atoms with Crippen LogP contribution in [0.2, 0.25) is 0 Å². The first-order valence-corrected chi connectivity index (χ1v) is 10.7. The summed E-state index contributed by atoms with van der Waals surface area (Å²) in [4.78, 5) is 42.0. The number of benzene rings is 1. The molecule has 0 bridgehead atoms. The molecule has 3 rings (SSSR count). The molecule has 0 radical (unpaired) electrons. The lowest BCUT2D eigenvalue weighted by molar-refractivity contribution is -0.120. The first kappa shape index (κ1) is 21.3. The van der Waals surface area contributed by atoms with Gasteiger partial charge in [-0.25, -0.2) is 4.79 Å². The van der Waals surface area contributed by atoms with E-state index < -0.39 is 6.03 Å². The number of piperazine rings is 1. The molecule has 1 aromatic carbocycles. The van der Waals surface area contributed by atoms with Crippen LogP contribution in [0.25, 0.3) is 0 Å². The summed E-state index contributed by atoms with van der Waals surface area (Å²) in [6, 6.07) is 6.67. The van der Waals surface area contributed by atoms with Gasteiger partial charge in [0.1, 0.15) is 0 Å². The molecule has 158 valence electrons. The van der Waals surface area contributed by atoms with Crippen molar-refractivity contribution in [2.45, 2.75) is 39.5 Å². The van der Waals surface area contributed by atoms with Crippen molar-refractivity contribution in [1.29, 1.82) is 0 Å². The Morgan fingerprint density at radius 3 is 2.31 bits per heavy atom. The molecule has 1 unspecified atom stereocenters. The summed E-state index contributed by atoms with van der Waals surface area (Å²) < 4.78 is 0. The molecule has 7 nitrogen and oxygen atoms in total. The minimum atomic E-state index is -0.412. The van der Waals surface area contributed by atoms with Crippen LogP contribution in [0.5, 0.6) is 0 Å². The van der Waals surface area contributed by atoms with Crippen molar-refractivity contribution in [2.75, 3.05) is 44.2 Å². The Morgan fingerprint density at radius 2 is 1.72 bits per heavy atom. The number of nitrogens with one attached hydrogen (secondary N) is 1. The van der Waals surface area contributed by atoms with E-state index in [1.54, 1.807) is 24.3 Å². The average molecular weight is 401 g/mol. The third-order valence-electron chi connectivity index (χ3n) is 5.93. The van der Waals surface area contributed by atoms with Gasteiger partial charge in [-0.3, -0.25) is 24.7 Å². The third kappa shape index (κ3) is 5.35. The van der Waals surface area contributed by atoms with E-state index >= 15 is 0 Å². The standard InChI is InChI=1S/C22H32N4O3/c1-3-5-17(4-2)16-24-12-14-25(15-13-24)21(28)18-6-8-19(9-7-18)26-11-10-20(27)23-22(26)29/h6-9,17H,3-5,10-16H2,1-2H3,(H,23,27,29). The molecule has 2 fully saturated rings. The van der Waals surface area contributed by atoms with E-state index in [0.717, 1.165) is 38.6 Å². The van der Waals surface area contributed by atoms with Gasteiger partial charge in [-0.1, -0.05) is 26.7 Å². The van der Waals surface area contributed by atoms with Crippen LogP contribution in [-0.4, -0.2) is 66.9 Å². The van der Waals surface area contributed by atoms with Crippen molar-refractivity contribution in [1.82, 2.24) is 15.1 Å². The number of rotatable bonds is 7. The number of imide groups is 1. The molecule has 2 aliphatic heterocycles. The number of urea groups is 1. The van der Waals surface area contributed by atoms with Crippen molar-refractivity contribution in [2.24, 2.45) is 5.92 Å². The fourth-order valence-corrected chi connectivity index (χ4v) is 4.11. The highest BCUT2D eigenvalue weighted by molar-refractivity contribution is 6.05. The van der Waals surface area contributed by atoms with Gasteiger partial charge in [0.15, 0.2) is 0 Å². The van der Waals surface area contributed by atoms with Gasteiger partial charge in [-0.05, 0) is 36.6 Å². The highest BCUT2D eigenvalue weighted by Crippen LogP contribution is 2.20. The maximum Gasteiger partial charge on any atom is 0.328 e. The summed E-state index contributed by atoms with van der Waals surface area (Å²) in [6.45, 7) is 9.33. The second-order valence-electron chi connectivity index (χ2n) is 7.96. The van der Waals surface area contributed by atoms with Crippen LogP contribution in [0.4, 0.5) is 10.5 Å². The molecule has 4 amide bonds. The number of carbonyl (C=O) groups excluding carboxylic acids is 3. The average Bonchev–Trinajstić information content (AvgIpc) is 2.73. The van der Waals surface area contributed by atoms with Crippen molar-refractivity contribution in [3.63, 3.8) is 0 Å². The van der Waals surface area contributed by atoms with Crippen LogP contribution in [-0.2, 0) is 4.79 Å². The molecule has 29 heavy (non-hydrogen) atoms. The highest BCUT2D eigenvalue weighted by Gasteiger charge is 2.26. The SMILES string of the molecule is CCCC(CC)CN1CCN(C(=O)c2ccc(N3CCC(=O)NC3=O)cc2)CC1. The second-order valence-corrected chi connectivity index (χ2v) is 7.96. The van der Waals surface area contributed by atoms with E-state index in [0.29, 0.717) is 17.8 Å². The molecule has 1 N–H and O–H groups in total. The summed E-state index contributed by atoms with van der Waals surface area (Å²) in [5.74, 6) is 0.532. The number of hydrogen-bond donors (Lipinski definition) is 1. The summed E-state index contributed by atoms with van der Waals surface area (Å²) in [6.07, 6.45) is 3.99. The van der Waals surface area contributed by atoms with Gasteiger partial charge in [0.25, 0.3) is 5.91 Å². The van der Waals surface area contributed by atoms with Gasteiger partial charge < -0.3 is 4.90 Å². The Kier molecular flexibility index (Phi) is 7.25. The minimum absolute atomic E-state index is 0.0371. The Bertz CT molecular complexity index is 726. The molecule has 0 aliphatic carbocycles. The topological polar surface area (TPSA) is 73.0 Å². The van der Waals surface area contributed by atoms with Gasteiger partial charge in [0, 0.05) is 56.9 Å². The lowest BCUT2D eigenvalue weighted by atomic mass is 10.00. The van der Waals surface area contributed by atoms with Gasteiger partial charge in [0.05, 0.1) is 0 Å². The highest BCUT2D eigenvalue weighted by atomic mass is 16.2. The van der Waals surface area contributed by atoms with Crippen LogP contribution in [0.1, 0.15) is 49.9 Å². The van der Waals surface area contributed by atoms with Crippen LogP contribution in [0, 0.1) is 5.92 Å². The first-order chi connectivity index (χ1) is 14.0. The molecule has 2 heterocycles. The number of hydrogen-bond acceptors (Lipinski definition) is 4. The van der Waals surface area contributed by atoms with Gasteiger partial charge >= 0.3 is 6.03 Å². The number of anilines is 1. The molecule has 1 aromatic rings. The van der Waals surface area contributed by atoms with Crippen LogP contribution in [0.3, 0.4) is 0 Å². The molecule has 2 aliphatic rings. The minimum Gasteiger partial charge on any atom is -0.336 e. The summed E-state index contributed by atoms with van der Waals surface area (Å²) in [5, 5.41) is 2.31. The van der Waals surface area contributed by atoms with Crippen molar-refractivity contribution >= 4 is 23.5 Å². The lowest BCUT2D eigenvalue weighted by Gasteiger charge is -2.36. The van der Waals surface area contributed by atoms with Crippen LogP contribution < -0.4 is 10.2 Å². The number of nitrogens with zero attached hydrogens (tertiary/aromatic N) is 3. The van der Waals surface area contributed by atoms with Crippen molar-refractivity contribution in [3.8, 4) is 0 Å². The fraction of sp³-hybridized carbons (Fsp3) is 0.591. The van der Waals surface area contributed by atoms with E-state index in [-0.39, 0.29) is 18.2 Å². The normalized spacial score (nSPS) is 19.2. The lowest BCUT2D eigenvalue weighted by Crippen LogP contribution is -2.50. The Balaban J connectivity index is 1.53. The van der Waals surface area contributed by atoms with E-state index in [4.69, 9.17) is 0 Å². The summed E-state index contributed by atoms with van der Waals surface area (Å²) in [7, 11) is 0. The Hall–Kier alpha value is -2.41. The van der Waals surface area contributed by atoms with E-state index in [2.05, 4.69) is 24.1 Å². The monoisotopic (exact) mass is 400 g/mol. The molecule has 0 aromatic heterocycles. The molecule has 0 spiro atoms. The Labute approximate surface area is 173 Å². The summed E-state index contributed by atoms with van der Waals surface area (Å²) in [5.41, 5.74) is 1.33. The maximum atomic E-state index is 12.9. The largest absolute Gasteiger partial charge is 0.336 e. The van der Waals surface area contributed by atoms with E-state index in [1.165, 1.54) is 24.2 Å². The Morgan fingerprint density at radius 1 is 1.03 bits per heavy atom. The predicted octanol–water partition coefficient (Wildman–Crippen LogP) is 2.72. The van der Waals surface area contributed by atoms with Crippen molar-refractivity contribution in [3.05, 3.63) is 29.8 Å². The number of amides is 4. The zero-order valence-corrected chi connectivity index (χ0v) is 17.5. The number of carbonyl (C=O) groups is 3. The van der Waals surface area contributed by atoms with Crippen molar-refractivity contribution < 1.29 is 14.4 Å². The van der Waals surface area contributed by atoms with E-state index in [1.807, 2.05) is 4.90 Å². The fourth-order valence-electron chi connectivity index (χ4n) is 4.11. The van der Waals surface area contributed by atoms with Gasteiger partial charge in [0.2, 0.25) is 5.91 Å². The first-order valence-electron chi connectivity index (χ1n) is 10.7. The molecular weight excluding hydrogens is 368 g/mol.